The summed E-state index contributed by atoms with van der Waals surface area (Å²) >= 11 is 36.7. The number of hydrogen-bond donors (Lipinski definition) is 0. The Morgan fingerprint density at radius 2 is 0.733 bits per heavy atom. The Morgan fingerprint density at radius 1 is 0.667 bits per heavy atom. The second kappa shape index (κ2) is 9.27. The van der Waals surface area contributed by atoms with E-state index in [2.05, 4.69) is 4.94 Å². The predicted molar refractivity (Wildman–Crippen MR) is 82.2 cm³/mol. The van der Waals surface area contributed by atoms with Gasteiger partial charge in [-0.2, -0.15) is 0 Å². The standard InChI is InChI=1S/C6H6Cl6.CH3.2Sn.5H/c7-1-2(8)4(10)6(12)5(11)3(1)9;;;;;;;;/h1-6H;1H3;;;;;;;/t1-,2-,3-,4+,5+,6+;;;;;;;;. The molecule has 92 valence electrons. The first kappa shape index (κ1) is 18.3. The Balaban J connectivity index is 0.000000583. The molecule has 0 amide bonds. The fourth-order valence-corrected chi connectivity index (χ4v) is 3.38. The average Bonchev–Trinajstić information content (AvgIpc) is 2.22. The molecule has 0 aliphatic heterocycles. The molecule has 0 unspecified atom stereocenters. The molecule has 1 aliphatic carbocycles. The third-order valence-electron chi connectivity index (χ3n) is 1.83. The van der Waals surface area contributed by atoms with Crippen LogP contribution in [0.4, 0.5) is 0 Å². The molecule has 8 heteroatoms. The first-order valence-corrected chi connectivity index (χ1v) is 42.5. The molecular weight excluding hydrogens is 534 g/mol. The Bertz CT molecular complexity index is 124. The van der Waals surface area contributed by atoms with Crippen molar-refractivity contribution in [2.24, 2.45) is 0 Å². The van der Waals surface area contributed by atoms with Gasteiger partial charge in [-0.05, 0) is 0 Å². The molecule has 0 nitrogen and oxygen atoms in total. The zero-order chi connectivity index (χ0) is 12.2. The van der Waals surface area contributed by atoms with Gasteiger partial charge in [0, 0.05) is 0 Å². The van der Waals surface area contributed by atoms with E-state index in [1.54, 1.807) is 0 Å². The van der Waals surface area contributed by atoms with E-state index in [1.807, 2.05) is 0 Å². The van der Waals surface area contributed by atoms with Gasteiger partial charge in [0.15, 0.2) is 0 Å². The van der Waals surface area contributed by atoms with E-state index in [9.17, 15) is 0 Å². The molecule has 1 fully saturated rings. The second-order valence-electron chi connectivity index (χ2n) is 3.37. The third kappa shape index (κ3) is 5.46. The van der Waals surface area contributed by atoms with Crippen LogP contribution in [0.5, 0.6) is 0 Å². The fourth-order valence-electron chi connectivity index (χ4n) is 1.05. The van der Waals surface area contributed by atoms with Gasteiger partial charge in [0.05, 0.1) is 32.3 Å². The molecular formula is C7H14Cl6Sn2. The molecule has 0 spiro atoms. The molecule has 0 atom stereocenters. The molecule has 0 saturated heterocycles. The topological polar surface area (TPSA) is 0 Å². The van der Waals surface area contributed by atoms with Crippen LogP contribution in [-0.4, -0.2) is 68.0 Å². The minimum absolute atomic E-state index is 0.200. The van der Waals surface area contributed by atoms with Crippen molar-refractivity contribution in [3.05, 3.63) is 0 Å². The molecule has 0 radical (unpaired) electrons. The summed E-state index contributed by atoms with van der Waals surface area (Å²) in [5.74, 6) is 0. The van der Waals surface area contributed by atoms with Crippen LogP contribution < -0.4 is 0 Å². The van der Waals surface area contributed by atoms with Crippen LogP contribution in [0.1, 0.15) is 0 Å². The predicted octanol–water partition coefficient (Wildman–Crippen LogP) is 2.13. The molecule has 0 aromatic carbocycles. The van der Waals surface area contributed by atoms with Crippen LogP contribution in [0.25, 0.3) is 0 Å². The Morgan fingerprint density at radius 3 is 0.800 bits per heavy atom. The molecule has 1 aliphatic rings. The molecule has 0 bridgehead atoms. The Labute approximate surface area is 140 Å². The van der Waals surface area contributed by atoms with Crippen LogP contribution in [0.2, 0.25) is 4.94 Å². The number of rotatable bonds is 0. The van der Waals surface area contributed by atoms with Gasteiger partial charge >= 0.3 is 40.7 Å². The van der Waals surface area contributed by atoms with Crippen molar-refractivity contribution >= 4 is 105 Å². The van der Waals surface area contributed by atoms with Crippen molar-refractivity contribution in [1.82, 2.24) is 0 Å². The van der Waals surface area contributed by atoms with Crippen molar-refractivity contribution in [3.8, 4) is 0 Å². The van der Waals surface area contributed by atoms with Gasteiger partial charge in [-0.3, -0.25) is 0 Å². The van der Waals surface area contributed by atoms with Gasteiger partial charge in [-0.1, -0.05) is 0 Å². The van der Waals surface area contributed by atoms with E-state index >= 15 is 0 Å². The van der Waals surface area contributed by atoms with Crippen LogP contribution >= 0.6 is 69.6 Å². The van der Waals surface area contributed by atoms with Gasteiger partial charge in [0.2, 0.25) is 0 Å². The molecule has 0 heterocycles. The molecule has 1 rings (SSSR count). The van der Waals surface area contributed by atoms with Crippen molar-refractivity contribution in [3.63, 3.8) is 0 Å². The summed E-state index contributed by atoms with van der Waals surface area (Å²) in [7, 11) is 0. The van der Waals surface area contributed by atoms with Crippen LogP contribution in [0, 0.1) is 0 Å². The van der Waals surface area contributed by atoms with Crippen molar-refractivity contribution in [1.29, 1.82) is 0 Å². The zero-order valence-electron chi connectivity index (χ0n) is 8.44. The number of alkyl halides is 6. The molecule has 0 aromatic heterocycles. The number of hydrogen-bond acceptors (Lipinski definition) is 0. The summed E-state index contributed by atoms with van der Waals surface area (Å²) in [5, 5.41) is -2.62. The maximum absolute atomic E-state index is 5.88. The van der Waals surface area contributed by atoms with Gasteiger partial charge in [-0.15, -0.1) is 69.6 Å². The first-order chi connectivity index (χ1) is 6.88. The van der Waals surface area contributed by atoms with E-state index in [1.165, 1.54) is 18.6 Å². The SMILES string of the molecule is Cl[C@H]1[C@H](Cl)[C@@H](Cl)[C@@H](Cl)[C@H](Cl)[C@H]1Cl.[CH3][SnH2][SnH3]. The Kier molecular flexibility index (Phi) is 11.3. The monoisotopic (exact) mass is 548 g/mol. The van der Waals surface area contributed by atoms with E-state index in [0.717, 1.165) is 0 Å². The normalized spacial score (nSPS) is 46.6. The van der Waals surface area contributed by atoms with E-state index in [-0.39, 0.29) is 17.2 Å². The summed E-state index contributed by atoms with van der Waals surface area (Å²) in [4.78, 5) is 2.43. The summed E-state index contributed by atoms with van der Waals surface area (Å²) < 4.78 is 0. The average molecular weight is 548 g/mol. The van der Waals surface area contributed by atoms with E-state index in [0.29, 0.717) is 0 Å². The van der Waals surface area contributed by atoms with Gasteiger partial charge in [0.1, 0.15) is 0 Å². The molecule has 1 saturated carbocycles. The second-order valence-corrected chi connectivity index (χ2v) is 37.5. The molecule has 15 heavy (non-hydrogen) atoms. The quantitative estimate of drug-likeness (QED) is 0.322. The van der Waals surface area contributed by atoms with Gasteiger partial charge in [0.25, 0.3) is 0 Å². The van der Waals surface area contributed by atoms with E-state index in [4.69, 9.17) is 69.6 Å². The summed E-state index contributed by atoms with van der Waals surface area (Å²) in [6, 6.07) is 0. The zero-order valence-corrected chi connectivity index (χ0v) is 22.7. The van der Waals surface area contributed by atoms with Crippen LogP contribution in [0.3, 0.4) is 0 Å². The summed E-state index contributed by atoms with van der Waals surface area (Å²) in [6.45, 7) is 0. The van der Waals surface area contributed by atoms with Gasteiger partial charge in [-0.25, -0.2) is 0 Å². The van der Waals surface area contributed by atoms with Crippen LogP contribution in [-0.2, 0) is 0 Å². The minimum atomic E-state index is -0.437. The summed E-state index contributed by atoms with van der Waals surface area (Å²) in [6.07, 6.45) is 0. The van der Waals surface area contributed by atoms with Crippen molar-refractivity contribution in [2.75, 3.05) is 0 Å². The molecule has 0 aromatic rings. The first-order valence-electron chi connectivity index (χ1n) is 4.72. The van der Waals surface area contributed by atoms with Crippen LogP contribution in [0.15, 0.2) is 0 Å². The van der Waals surface area contributed by atoms with Crippen molar-refractivity contribution in [2.45, 2.75) is 37.2 Å². The number of halogens is 6. The van der Waals surface area contributed by atoms with Crippen molar-refractivity contribution < 1.29 is 0 Å². The summed E-state index contributed by atoms with van der Waals surface area (Å²) in [5.41, 5.74) is 0. The Hall–Kier alpha value is 3.34. The molecule has 0 N–H and O–H groups in total. The van der Waals surface area contributed by atoms with Gasteiger partial charge < -0.3 is 0 Å². The third-order valence-corrected chi connectivity index (χ3v) is 5.86. The maximum atomic E-state index is 5.88. The fraction of sp³-hybridized carbons (Fsp3) is 1.00. The van der Waals surface area contributed by atoms with E-state index < -0.39 is 32.3 Å².